The topological polar surface area (TPSA) is 116 Å². The van der Waals surface area contributed by atoms with E-state index in [0.717, 1.165) is 5.57 Å². The summed E-state index contributed by atoms with van der Waals surface area (Å²) in [7, 11) is 0. The number of fused-ring (bicyclic) bond motifs is 5. The molecule has 8 heteroatoms. The Morgan fingerprint density at radius 3 is 2.21 bits per heavy atom. The van der Waals surface area contributed by atoms with Crippen molar-refractivity contribution in [3.8, 4) is 0 Å². The number of Topliss-reactive ketones (excluding diaryl/α,β-unsaturated/α-hetero) is 1. The Kier molecular flexibility index (Phi) is 6.99. The molecule has 2 fully saturated rings. The van der Waals surface area contributed by atoms with Crippen molar-refractivity contribution in [3.05, 3.63) is 23.3 Å². The molecule has 210 valence electrons. The second-order valence-corrected chi connectivity index (χ2v) is 12.9. The van der Waals surface area contributed by atoms with Crippen LogP contribution in [-0.4, -0.2) is 52.7 Å². The van der Waals surface area contributed by atoms with Gasteiger partial charge in [0.05, 0.1) is 17.4 Å². The standard InChI is InChI=1S/C30H42O8/c1-14(2)26(33)37-25-17(6)29(35)21-10-16(5)23(32)20(21)11-19(13-36-18(7)31)12-22(29)24-28(8,9)30(24,25)38-27(34)15(3)4/h10,12,14-15,17,20-22,24-25,35H,11,13H2,1-9H3/t17-,20+,21-,22+,24-,25-,29+,30-/m1/s1. The first-order valence-electron chi connectivity index (χ1n) is 13.7. The van der Waals surface area contributed by atoms with E-state index in [1.54, 1.807) is 34.6 Å². The lowest BCUT2D eigenvalue weighted by atomic mass is 9.59. The van der Waals surface area contributed by atoms with E-state index >= 15 is 0 Å². The summed E-state index contributed by atoms with van der Waals surface area (Å²) in [6.45, 7) is 15.9. The van der Waals surface area contributed by atoms with Crippen LogP contribution >= 0.6 is 0 Å². The first-order valence-corrected chi connectivity index (χ1v) is 13.7. The summed E-state index contributed by atoms with van der Waals surface area (Å²) in [6, 6.07) is 0. The fraction of sp³-hybridized carbons (Fsp3) is 0.733. The Morgan fingerprint density at radius 2 is 1.66 bits per heavy atom. The van der Waals surface area contributed by atoms with Crippen LogP contribution in [0.25, 0.3) is 0 Å². The van der Waals surface area contributed by atoms with Crippen molar-refractivity contribution >= 4 is 23.7 Å². The van der Waals surface area contributed by atoms with E-state index in [1.807, 2.05) is 32.9 Å². The summed E-state index contributed by atoms with van der Waals surface area (Å²) < 4.78 is 17.8. The number of hydrogen-bond donors (Lipinski definition) is 1. The average molecular weight is 531 g/mol. The normalized spacial score (nSPS) is 38.8. The zero-order valence-electron chi connectivity index (χ0n) is 24.0. The van der Waals surface area contributed by atoms with Crippen LogP contribution in [0.3, 0.4) is 0 Å². The van der Waals surface area contributed by atoms with Crippen LogP contribution in [0.2, 0.25) is 0 Å². The van der Waals surface area contributed by atoms with Crippen molar-refractivity contribution in [3.63, 3.8) is 0 Å². The van der Waals surface area contributed by atoms with Gasteiger partial charge in [0.25, 0.3) is 0 Å². The van der Waals surface area contributed by atoms with Crippen LogP contribution in [0.5, 0.6) is 0 Å². The van der Waals surface area contributed by atoms with Gasteiger partial charge in [-0.1, -0.05) is 60.6 Å². The van der Waals surface area contributed by atoms with E-state index in [-0.39, 0.29) is 18.3 Å². The van der Waals surface area contributed by atoms with Gasteiger partial charge in [0.15, 0.2) is 11.4 Å². The molecule has 4 aliphatic carbocycles. The van der Waals surface area contributed by atoms with Crippen LogP contribution in [0.15, 0.2) is 23.3 Å². The highest BCUT2D eigenvalue weighted by molar-refractivity contribution is 6.00. The molecule has 0 saturated heterocycles. The van der Waals surface area contributed by atoms with Crippen molar-refractivity contribution < 1.29 is 38.5 Å². The van der Waals surface area contributed by atoms with Gasteiger partial charge in [-0.3, -0.25) is 19.2 Å². The number of ether oxygens (including phenoxy) is 3. The molecule has 0 heterocycles. The zero-order valence-corrected chi connectivity index (χ0v) is 24.0. The lowest BCUT2D eigenvalue weighted by Crippen LogP contribution is -2.64. The molecule has 0 amide bonds. The molecule has 0 aromatic rings. The molecule has 0 aromatic carbocycles. The number of carbonyl (C=O) groups is 4. The lowest BCUT2D eigenvalue weighted by Gasteiger charge is -2.52. The number of carbonyl (C=O) groups excluding carboxylic acids is 4. The molecule has 0 spiro atoms. The summed E-state index contributed by atoms with van der Waals surface area (Å²) in [5.74, 6) is -4.76. The summed E-state index contributed by atoms with van der Waals surface area (Å²) in [5, 5.41) is 12.8. The van der Waals surface area contributed by atoms with Gasteiger partial charge in [-0.05, 0) is 24.5 Å². The van der Waals surface area contributed by atoms with E-state index < -0.39 is 76.1 Å². The van der Waals surface area contributed by atoms with Crippen molar-refractivity contribution in [2.75, 3.05) is 6.61 Å². The molecular formula is C30H42O8. The third-order valence-corrected chi connectivity index (χ3v) is 9.60. The number of esters is 3. The fourth-order valence-corrected chi connectivity index (χ4v) is 7.49. The summed E-state index contributed by atoms with van der Waals surface area (Å²) in [6.07, 6.45) is 3.22. The molecule has 4 aliphatic rings. The maximum absolute atomic E-state index is 13.3. The van der Waals surface area contributed by atoms with Crippen LogP contribution in [-0.2, 0) is 33.4 Å². The predicted octanol–water partition coefficient (Wildman–Crippen LogP) is 3.80. The Balaban J connectivity index is 1.91. The molecule has 0 aromatic heterocycles. The van der Waals surface area contributed by atoms with Gasteiger partial charge in [-0.2, -0.15) is 0 Å². The smallest absolute Gasteiger partial charge is 0.309 e. The third-order valence-electron chi connectivity index (χ3n) is 9.60. The highest BCUT2D eigenvalue weighted by Crippen LogP contribution is 2.77. The minimum Gasteiger partial charge on any atom is -0.461 e. The largest absolute Gasteiger partial charge is 0.461 e. The van der Waals surface area contributed by atoms with Gasteiger partial charge in [-0.25, -0.2) is 0 Å². The van der Waals surface area contributed by atoms with Crippen molar-refractivity contribution in [1.29, 1.82) is 0 Å². The van der Waals surface area contributed by atoms with Gasteiger partial charge in [0.2, 0.25) is 0 Å². The molecule has 8 nitrogen and oxygen atoms in total. The summed E-state index contributed by atoms with van der Waals surface area (Å²) in [5.41, 5.74) is -1.93. The van der Waals surface area contributed by atoms with Gasteiger partial charge >= 0.3 is 17.9 Å². The molecule has 0 unspecified atom stereocenters. The van der Waals surface area contributed by atoms with Gasteiger partial charge < -0.3 is 19.3 Å². The molecule has 8 atom stereocenters. The molecule has 0 bridgehead atoms. The number of allylic oxidation sites excluding steroid dienone is 1. The summed E-state index contributed by atoms with van der Waals surface area (Å²) >= 11 is 0. The highest BCUT2D eigenvalue weighted by atomic mass is 16.6. The highest BCUT2D eigenvalue weighted by Gasteiger charge is 2.87. The van der Waals surface area contributed by atoms with E-state index in [0.29, 0.717) is 12.0 Å². The van der Waals surface area contributed by atoms with E-state index in [2.05, 4.69) is 0 Å². The molecular weight excluding hydrogens is 488 g/mol. The molecule has 1 N–H and O–H groups in total. The number of hydrogen-bond acceptors (Lipinski definition) is 8. The Hall–Kier alpha value is -2.48. The maximum atomic E-state index is 13.3. The molecule has 0 radical (unpaired) electrons. The minimum absolute atomic E-state index is 0.0174. The van der Waals surface area contributed by atoms with E-state index in [9.17, 15) is 24.3 Å². The zero-order chi connectivity index (χ0) is 28.5. The third kappa shape index (κ3) is 3.97. The SMILES string of the molecule is CC(=O)OCC1=C[C@H]2[C@@H]3C(C)(C)[C@]3(OC(=O)C(C)C)[C@H](OC(=O)C(C)C)[C@@H](C)[C@]2(O)[C@@H]2C=C(C)C(=O)[C@H]2C1. The predicted molar refractivity (Wildman–Crippen MR) is 138 cm³/mol. The Labute approximate surface area is 225 Å². The van der Waals surface area contributed by atoms with Gasteiger partial charge in [-0.15, -0.1) is 0 Å². The van der Waals surface area contributed by atoms with Crippen LogP contribution in [0.1, 0.15) is 68.7 Å². The number of aliphatic hydroxyl groups is 1. The van der Waals surface area contributed by atoms with Crippen LogP contribution in [0.4, 0.5) is 0 Å². The van der Waals surface area contributed by atoms with Gasteiger partial charge in [0, 0.05) is 41.9 Å². The lowest BCUT2D eigenvalue weighted by molar-refractivity contribution is -0.223. The molecule has 2 saturated carbocycles. The first kappa shape index (κ1) is 28.5. The van der Waals surface area contributed by atoms with Crippen LogP contribution in [0, 0.1) is 46.8 Å². The Morgan fingerprint density at radius 1 is 1.05 bits per heavy atom. The van der Waals surface area contributed by atoms with E-state index in [4.69, 9.17) is 14.2 Å². The van der Waals surface area contributed by atoms with Crippen LogP contribution < -0.4 is 0 Å². The fourth-order valence-electron chi connectivity index (χ4n) is 7.49. The first-order chi connectivity index (χ1) is 17.5. The van der Waals surface area contributed by atoms with Crippen molar-refractivity contribution in [1.82, 2.24) is 0 Å². The van der Waals surface area contributed by atoms with Crippen molar-refractivity contribution in [2.24, 2.45) is 46.8 Å². The van der Waals surface area contributed by atoms with Gasteiger partial charge in [0.1, 0.15) is 12.7 Å². The average Bonchev–Trinajstić information content (AvgIpc) is 3.22. The van der Waals surface area contributed by atoms with E-state index in [1.165, 1.54) is 6.92 Å². The molecule has 4 rings (SSSR count). The van der Waals surface area contributed by atoms with Crippen molar-refractivity contribution in [2.45, 2.75) is 86.0 Å². The minimum atomic E-state index is -1.47. The molecule has 0 aliphatic heterocycles. The Bertz CT molecular complexity index is 1110. The quantitative estimate of drug-likeness (QED) is 0.313. The number of rotatable bonds is 6. The maximum Gasteiger partial charge on any atom is 0.309 e. The summed E-state index contributed by atoms with van der Waals surface area (Å²) in [4.78, 5) is 51.0. The second-order valence-electron chi connectivity index (χ2n) is 12.9. The molecule has 38 heavy (non-hydrogen) atoms. The number of ketones is 1. The second kappa shape index (κ2) is 9.32. The monoisotopic (exact) mass is 530 g/mol.